The van der Waals surface area contributed by atoms with Crippen molar-refractivity contribution in [2.75, 3.05) is 35.7 Å². The summed E-state index contributed by atoms with van der Waals surface area (Å²) in [6.45, 7) is 4.33. The Hall–Kier alpha value is -3.44. The fourth-order valence-electron chi connectivity index (χ4n) is 4.22. The number of nitrogens with zero attached hydrogens (tertiary/aromatic N) is 3. The number of aromatic nitrogens is 1. The molecule has 186 valence electrons. The van der Waals surface area contributed by atoms with Crippen molar-refractivity contribution in [3.8, 4) is 0 Å². The predicted molar refractivity (Wildman–Crippen MR) is 129 cm³/mol. The second kappa shape index (κ2) is 9.67. The minimum absolute atomic E-state index is 0.0586. The molecule has 35 heavy (non-hydrogen) atoms. The highest BCUT2D eigenvalue weighted by Crippen LogP contribution is 2.31. The van der Waals surface area contributed by atoms with Crippen LogP contribution in [0.1, 0.15) is 20.3 Å². The molecule has 2 atom stereocenters. The minimum atomic E-state index is -0.894. The highest BCUT2D eigenvalue weighted by Gasteiger charge is 2.41. The molecule has 2 aromatic rings. The van der Waals surface area contributed by atoms with Crippen molar-refractivity contribution in [1.29, 1.82) is 0 Å². The third kappa shape index (κ3) is 5.15. The van der Waals surface area contributed by atoms with Crippen LogP contribution in [0.4, 0.5) is 31.2 Å². The van der Waals surface area contributed by atoms with Gasteiger partial charge in [-0.25, -0.2) is 19.0 Å². The second-order valence-electron chi connectivity index (χ2n) is 9.01. The average Bonchev–Trinajstić information content (AvgIpc) is 3.37. The minimum Gasteiger partial charge on any atom is -0.380 e. The molecule has 10 nitrogen and oxygen atoms in total. The molecule has 3 heterocycles. The smallest absolute Gasteiger partial charge is 0.323 e. The first-order chi connectivity index (χ1) is 16.6. The largest absolute Gasteiger partial charge is 0.380 e. The molecule has 1 aromatic heterocycles. The summed E-state index contributed by atoms with van der Waals surface area (Å²) in [7, 11) is 1.50. The zero-order chi connectivity index (χ0) is 25.3. The molecule has 12 heteroatoms. The number of rotatable bonds is 5. The van der Waals surface area contributed by atoms with Crippen LogP contribution in [-0.2, 0) is 9.53 Å². The molecular formula is C23H26ClFN6O4. The van der Waals surface area contributed by atoms with Crippen molar-refractivity contribution in [3.05, 3.63) is 47.4 Å². The number of hydrogen-bond acceptors (Lipinski definition) is 5. The van der Waals surface area contributed by atoms with Gasteiger partial charge in [-0.05, 0) is 44.2 Å². The number of benzene rings is 1. The number of nitrogens with one attached hydrogen (secondary N) is 3. The number of ether oxygens (including phenoxy) is 1. The molecule has 0 bridgehead atoms. The Morgan fingerprint density at radius 1 is 1.26 bits per heavy atom. The number of halogens is 2. The number of hydrogen-bond donors (Lipinski definition) is 3. The highest BCUT2D eigenvalue weighted by molar-refractivity contribution is 6.30. The van der Waals surface area contributed by atoms with E-state index in [1.807, 2.05) is 13.8 Å². The van der Waals surface area contributed by atoms with Crippen LogP contribution in [0.3, 0.4) is 0 Å². The Morgan fingerprint density at radius 3 is 2.63 bits per heavy atom. The van der Waals surface area contributed by atoms with Crippen molar-refractivity contribution < 1.29 is 23.5 Å². The monoisotopic (exact) mass is 504 g/mol. The third-order valence-electron chi connectivity index (χ3n) is 6.07. The first kappa shape index (κ1) is 24.7. The van der Waals surface area contributed by atoms with E-state index in [4.69, 9.17) is 16.3 Å². The summed E-state index contributed by atoms with van der Waals surface area (Å²) in [4.78, 5) is 45.0. The van der Waals surface area contributed by atoms with Crippen LogP contribution in [0.15, 0.2) is 36.5 Å². The Balaban J connectivity index is 1.48. The molecule has 3 N–H and O–H groups in total. The van der Waals surface area contributed by atoms with Gasteiger partial charge in [-0.2, -0.15) is 0 Å². The zero-order valence-electron chi connectivity index (χ0n) is 19.5. The number of pyridine rings is 1. The van der Waals surface area contributed by atoms with E-state index in [1.165, 1.54) is 41.3 Å². The summed E-state index contributed by atoms with van der Waals surface area (Å²) in [5.41, 5.74) is -0.214. The van der Waals surface area contributed by atoms with E-state index >= 15 is 0 Å². The first-order valence-electron chi connectivity index (χ1n) is 11.0. The molecule has 2 saturated heterocycles. The number of urea groups is 2. The van der Waals surface area contributed by atoms with E-state index in [1.54, 1.807) is 12.1 Å². The molecule has 0 saturated carbocycles. The van der Waals surface area contributed by atoms with Gasteiger partial charge in [0.2, 0.25) is 5.91 Å². The Bertz CT molecular complexity index is 1150. The standard InChI is InChI=1S/C23H26ClFN6O4/c1-23(2)12-27-21(33)31(23)14-5-6-17(16(25)8-14)28-20(32)18-9-15(35-3)11-30(18)22(34)29-19-7-4-13(24)10-26-19/h4-8,10,15,18H,9,11-12H2,1-3H3,(H,27,33)(H,28,32)(H,26,29,34)/t15-,18-/m1/s1. The highest BCUT2D eigenvalue weighted by atomic mass is 35.5. The normalized spacial score (nSPS) is 21.1. The number of anilines is 3. The van der Waals surface area contributed by atoms with E-state index in [0.717, 1.165) is 0 Å². The van der Waals surface area contributed by atoms with E-state index in [2.05, 4.69) is 20.9 Å². The maximum atomic E-state index is 14.9. The van der Waals surface area contributed by atoms with Gasteiger partial charge < -0.3 is 20.3 Å². The quantitative estimate of drug-likeness (QED) is 0.577. The SMILES string of the molecule is CO[C@@H]1C[C@H](C(=O)Nc2ccc(N3C(=O)NCC3(C)C)cc2F)N(C(=O)Nc2ccc(Cl)cn2)C1. The van der Waals surface area contributed by atoms with Gasteiger partial charge in [-0.15, -0.1) is 0 Å². The maximum Gasteiger partial charge on any atom is 0.323 e. The lowest BCUT2D eigenvalue weighted by atomic mass is 10.0. The van der Waals surface area contributed by atoms with Gasteiger partial charge in [-0.3, -0.25) is 15.0 Å². The zero-order valence-corrected chi connectivity index (χ0v) is 20.2. The van der Waals surface area contributed by atoms with Crippen LogP contribution in [0.25, 0.3) is 0 Å². The molecule has 1 aromatic carbocycles. The van der Waals surface area contributed by atoms with Crippen LogP contribution < -0.4 is 20.9 Å². The lowest BCUT2D eigenvalue weighted by Crippen LogP contribution is -2.45. The molecule has 4 rings (SSSR count). The molecule has 2 aliphatic rings. The first-order valence-corrected chi connectivity index (χ1v) is 11.4. The van der Waals surface area contributed by atoms with E-state index in [9.17, 15) is 18.8 Å². The van der Waals surface area contributed by atoms with Crippen LogP contribution in [0.2, 0.25) is 5.02 Å². The summed E-state index contributed by atoms with van der Waals surface area (Å²) < 4.78 is 20.3. The van der Waals surface area contributed by atoms with Crippen molar-refractivity contribution in [2.24, 2.45) is 0 Å². The van der Waals surface area contributed by atoms with Gasteiger partial charge in [0.1, 0.15) is 17.7 Å². The topological polar surface area (TPSA) is 116 Å². The van der Waals surface area contributed by atoms with Gasteiger partial charge in [-0.1, -0.05) is 11.6 Å². The predicted octanol–water partition coefficient (Wildman–Crippen LogP) is 3.44. The maximum absolute atomic E-state index is 14.9. The van der Waals surface area contributed by atoms with Crippen LogP contribution in [0, 0.1) is 5.82 Å². The summed E-state index contributed by atoms with van der Waals surface area (Å²) >= 11 is 5.83. The van der Waals surface area contributed by atoms with Crippen molar-refractivity contribution in [2.45, 2.75) is 38.0 Å². The van der Waals surface area contributed by atoms with Crippen molar-refractivity contribution >= 4 is 46.8 Å². The average molecular weight is 505 g/mol. The Kier molecular flexibility index (Phi) is 6.82. The summed E-state index contributed by atoms with van der Waals surface area (Å²) in [6, 6.07) is 5.52. The van der Waals surface area contributed by atoms with Gasteiger partial charge >= 0.3 is 12.1 Å². The molecule has 0 radical (unpaired) electrons. The van der Waals surface area contributed by atoms with E-state index < -0.39 is 29.3 Å². The lowest BCUT2D eigenvalue weighted by molar-refractivity contribution is -0.119. The van der Waals surface area contributed by atoms with Crippen molar-refractivity contribution in [3.63, 3.8) is 0 Å². The Labute approximate surface area is 206 Å². The van der Waals surface area contributed by atoms with Gasteiger partial charge in [0, 0.05) is 38.5 Å². The van der Waals surface area contributed by atoms with E-state index in [-0.39, 0.29) is 36.6 Å². The van der Waals surface area contributed by atoms with Crippen LogP contribution in [-0.4, -0.2) is 65.7 Å². The van der Waals surface area contributed by atoms with Gasteiger partial charge in [0.15, 0.2) is 0 Å². The number of likely N-dealkylation sites (tertiary alicyclic amines) is 1. The molecule has 2 aliphatic heterocycles. The molecular weight excluding hydrogens is 479 g/mol. The summed E-state index contributed by atoms with van der Waals surface area (Å²) in [5, 5.41) is 8.34. The number of methoxy groups -OCH3 is 1. The number of amides is 5. The molecule has 0 aliphatic carbocycles. The molecule has 0 unspecified atom stereocenters. The van der Waals surface area contributed by atoms with Crippen LogP contribution >= 0.6 is 11.6 Å². The number of carbonyl (C=O) groups excluding carboxylic acids is 3. The fourth-order valence-corrected chi connectivity index (χ4v) is 4.34. The third-order valence-corrected chi connectivity index (χ3v) is 6.29. The van der Waals surface area contributed by atoms with Gasteiger partial charge in [0.05, 0.1) is 22.4 Å². The summed E-state index contributed by atoms with van der Waals surface area (Å²) in [5.74, 6) is -0.987. The van der Waals surface area contributed by atoms with Gasteiger partial charge in [0.25, 0.3) is 0 Å². The van der Waals surface area contributed by atoms with Crippen molar-refractivity contribution in [1.82, 2.24) is 15.2 Å². The molecule has 2 fully saturated rings. The van der Waals surface area contributed by atoms with E-state index in [0.29, 0.717) is 17.3 Å². The molecule has 0 spiro atoms. The number of carbonyl (C=O) groups is 3. The Morgan fingerprint density at radius 2 is 2.03 bits per heavy atom. The van der Waals surface area contributed by atoms with Crippen LogP contribution in [0.5, 0.6) is 0 Å². The molecule has 5 amide bonds. The fraction of sp³-hybridized carbons (Fsp3) is 0.391. The second-order valence-corrected chi connectivity index (χ2v) is 9.45. The summed E-state index contributed by atoms with van der Waals surface area (Å²) in [6.07, 6.45) is 1.27. The lowest BCUT2D eigenvalue weighted by Gasteiger charge is -2.30.